The highest BCUT2D eigenvalue weighted by Crippen LogP contribution is 1.96. The molecule has 0 bridgehead atoms. The first kappa shape index (κ1) is 19.4. The Morgan fingerprint density at radius 2 is 1.43 bits per heavy atom. The van der Waals surface area contributed by atoms with Crippen molar-refractivity contribution in [3.05, 3.63) is 48.6 Å². The first-order valence-corrected chi connectivity index (χ1v) is 7.78. The molecule has 0 fully saturated rings. The van der Waals surface area contributed by atoms with Gasteiger partial charge in [-0.2, -0.15) is 0 Å². The lowest BCUT2D eigenvalue weighted by Crippen LogP contribution is -2.25. The molecule has 0 atom stereocenters. The molecule has 3 nitrogen and oxygen atoms in total. The van der Waals surface area contributed by atoms with Crippen molar-refractivity contribution in [2.75, 3.05) is 13.2 Å². The Labute approximate surface area is 129 Å². The minimum Gasteiger partial charge on any atom is -0.395 e. The molecule has 0 aromatic heterocycles. The molecule has 0 spiro atoms. The van der Waals surface area contributed by atoms with Crippen LogP contribution in [-0.4, -0.2) is 24.2 Å². The molecule has 1 amide bonds. The molecule has 0 unspecified atom stereocenters. The second-order valence-corrected chi connectivity index (χ2v) is 4.61. The summed E-state index contributed by atoms with van der Waals surface area (Å²) in [6.07, 6.45) is 22.3. The smallest absolute Gasteiger partial charge is 0.220 e. The van der Waals surface area contributed by atoms with Gasteiger partial charge >= 0.3 is 0 Å². The maximum atomic E-state index is 11.2. The van der Waals surface area contributed by atoms with Crippen LogP contribution in [0.1, 0.15) is 45.4 Å². The van der Waals surface area contributed by atoms with Crippen molar-refractivity contribution in [3.8, 4) is 0 Å². The van der Waals surface area contributed by atoms with Crippen molar-refractivity contribution in [2.24, 2.45) is 0 Å². The summed E-state index contributed by atoms with van der Waals surface area (Å²) in [5, 5.41) is 11.2. The van der Waals surface area contributed by atoms with Gasteiger partial charge in [0.05, 0.1) is 6.61 Å². The van der Waals surface area contributed by atoms with Crippen LogP contribution in [0.3, 0.4) is 0 Å². The molecule has 0 aromatic carbocycles. The summed E-state index contributed by atoms with van der Waals surface area (Å²) < 4.78 is 0. The quantitative estimate of drug-likeness (QED) is 0.539. The highest BCUT2D eigenvalue weighted by molar-refractivity contribution is 5.75. The van der Waals surface area contributed by atoms with Crippen LogP contribution in [-0.2, 0) is 4.79 Å². The summed E-state index contributed by atoms with van der Waals surface area (Å²) in [4.78, 5) is 11.2. The number of aliphatic hydroxyl groups excluding tert-OH is 1. The van der Waals surface area contributed by atoms with E-state index in [1.54, 1.807) is 0 Å². The topological polar surface area (TPSA) is 49.3 Å². The average Bonchev–Trinajstić information content (AvgIpc) is 2.49. The zero-order valence-corrected chi connectivity index (χ0v) is 13.1. The summed E-state index contributed by atoms with van der Waals surface area (Å²) in [6.45, 7) is 2.47. The predicted molar refractivity (Wildman–Crippen MR) is 90.0 cm³/mol. The second-order valence-electron chi connectivity index (χ2n) is 4.61. The van der Waals surface area contributed by atoms with E-state index in [-0.39, 0.29) is 12.5 Å². The van der Waals surface area contributed by atoms with Crippen molar-refractivity contribution in [3.63, 3.8) is 0 Å². The average molecular weight is 291 g/mol. The van der Waals surface area contributed by atoms with Gasteiger partial charge in [-0.1, -0.05) is 55.5 Å². The van der Waals surface area contributed by atoms with E-state index in [2.05, 4.69) is 54.8 Å². The third-order valence-corrected chi connectivity index (χ3v) is 2.69. The lowest BCUT2D eigenvalue weighted by atomic mass is 10.2. The van der Waals surface area contributed by atoms with E-state index in [9.17, 15) is 4.79 Å². The standard InChI is InChI=1S/C18H29NO2/c1-2-3-4-5-6-7-8-9-10-11-12-13-14-15-18(21)19-16-17-20/h3-4,6-7,9-10,12-13,20H,2,5,8,11,14-17H2,1H3,(H,19,21)/b4-3-,7-6-,10-9-,13-12-. The lowest BCUT2D eigenvalue weighted by molar-refractivity contribution is -0.121. The SMILES string of the molecule is CC/C=C\C/C=C\C/C=C\C/C=C\CCC(=O)NCCO. The summed E-state index contributed by atoms with van der Waals surface area (Å²) in [5.41, 5.74) is 0. The van der Waals surface area contributed by atoms with Gasteiger partial charge < -0.3 is 10.4 Å². The fourth-order valence-electron chi connectivity index (χ4n) is 1.60. The first-order valence-electron chi connectivity index (χ1n) is 7.78. The fraction of sp³-hybridized carbons (Fsp3) is 0.500. The number of nitrogens with one attached hydrogen (secondary N) is 1. The van der Waals surface area contributed by atoms with Gasteiger partial charge in [-0.3, -0.25) is 4.79 Å². The molecule has 21 heavy (non-hydrogen) atoms. The van der Waals surface area contributed by atoms with E-state index in [0.29, 0.717) is 13.0 Å². The lowest BCUT2D eigenvalue weighted by Gasteiger charge is -1.99. The molecule has 3 heteroatoms. The van der Waals surface area contributed by atoms with Crippen molar-refractivity contribution in [2.45, 2.75) is 45.4 Å². The summed E-state index contributed by atoms with van der Waals surface area (Å²) in [6, 6.07) is 0. The second kappa shape index (κ2) is 16.4. The summed E-state index contributed by atoms with van der Waals surface area (Å²) >= 11 is 0. The van der Waals surface area contributed by atoms with E-state index < -0.39 is 0 Å². The zero-order valence-electron chi connectivity index (χ0n) is 13.1. The molecule has 0 aliphatic carbocycles. The van der Waals surface area contributed by atoms with Gasteiger partial charge in [-0.05, 0) is 32.1 Å². The van der Waals surface area contributed by atoms with Crippen LogP contribution in [0.4, 0.5) is 0 Å². The molecular formula is C18H29NO2. The van der Waals surface area contributed by atoms with Crippen molar-refractivity contribution in [1.82, 2.24) is 5.32 Å². The normalized spacial score (nSPS) is 12.3. The van der Waals surface area contributed by atoms with E-state index in [1.807, 2.05) is 6.08 Å². The van der Waals surface area contributed by atoms with Gasteiger partial charge in [0.15, 0.2) is 0 Å². The molecule has 0 rings (SSSR count). The number of aliphatic hydroxyl groups is 1. The van der Waals surface area contributed by atoms with E-state index in [0.717, 1.165) is 32.1 Å². The number of carbonyl (C=O) groups is 1. The van der Waals surface area contributed by atoms with Crippen LogP contribution < -0.4 is 5.32 Å². The Morgan fingerprint density at radius 3 is 1.95 bits per heavy atom. The van der Waals surface area contributed by atoms with E-state index >= 15 is 0 Å². The molecule has 0 saturated carbocycles. The maximum Gasteiger partial charge on any atom is 0.220 e. The Bertz CT molecular complexity index is 354. The zero-order chi connectivity index (χ0) is 15.6. The molecular weight excluding hydrogens is 262 g/mol. The predicted octanol–water partition coefficient (Wildman–Crippen LogP) is 3.68. The minimum atomic E-state index is -0.00787. The minimum absolute atomic E-state index is 0.00425. The van der Waals surface area contributed by atoms with Gasteiger partial charge in [0.2, 0.25) is 5.91 Å². The number of hydrogen-bond acceptors (Lipinski definition) is 2. The Morgan fingerprint density at radius 1 is 0.905 bits per heavy atom. The largest absolute Gasteiger partial charge is 0.395 e. The molecule has 0 heterocycles. The Balaban J connectivity index is 3.48. The van der Waals surface area contributed by atoms with Gasteiger partial charge in [-0.25, -0.2) is 0 Å². The summed E-state index contributed by atoms with van der Waals surface area (Å²) in [7, 11) is 0. The molecule has 0 aliphatic rings. The summed E-state index contributed by atoms with van der Waals surface area (Å²) in [5.74, 6) is -0.00787. The fourth-order valence-corrected chi connectivity index (χ4v) is 1.60. The van der Waals surface area contributed by atoms with Crippen LogP contribution in [0.15, 0.2) is 48.6 Å². The third kappa shape index (κ3) is 16.3. The maximum absolute atomic E-state index is 11.2. The number of amides is 1. The van der Waals surface area contributed by atoms with Crippen LogP contribution in [0.5, 0.6) is 0 Å². The van der Waals surface area contributed by atoms with Crippen LogP contribution in [0, 0.1) is 0 Å². The van der Waals surface area contributed by atoms with Gasteiger partial charge in [0.25, 0.3) is 0 Å². The van der Waals surface area contributed by atoms with Crippen molar-refractivity contribution < 1.29 is 9.90 Å². The van der Waals surface area contributed by atoms with Crippen LogP contribution in [0.25, 0.3) is 0 Å². The molecule has 2 N–H and O–H groups in total. The Kier molecular flexibility index (Phi) is 15.2. The number of hydrogen-bond donors (Lipinski definition) is 2. The number of allylic oxidation sites excluding steroid dienone is 8. The van der Waals surface area contributed by atoms with Gasteiger partial charge in [0.1, 0.15) is 0 Å². The van der Waals surface area contributed by atoms with E-state index in [4.69, 9.17) is 5.11 Å². The number of rotatable bonds is 12. The van der Waals surface area contributed by atoms with Crippen molar-refractivity contribution in [1.29, 1.82) is 0 Å². The monoisotopic (exact) mass is 291 g/mol. The third-order valence-electron chi connectivity index (χ3n) is 2.69. The highest BCUT2D eigenvalue weighted by Gasteiger charge is 1.96. The molecule has 0 radical (unpaired) electrons. The van der Waals surface area contributed by atoms with Gasteiger partial charge in [-0.15, -0.1) is 0 Å². The Hall–Kier alpha value is -1.61. The van der Waals surface area contributed by atoms with Crippen LogP contribution in [0.2, 0.25) is 0 Å². The number of carbonyl (C=O) groups excluding carboxylic acids is 1. The molecule has 0 aliphatic heterocycles. The first-order chi connectivity index (χ1) is 10.3. The molecule has 0 saturated heterocycles. The van der Waals surface area contributed by atoms with E-state index in [1.165, 1.54) is 0 Å². The molecule has 0 aromatic rings. The molecule has 118 valence electrons. The van der Waals surface area contributed by atoms with Crippen molar-refractivity contribution >= 4 is 5.91 Å². The van der Waals surface area contributed by atoms with Crippen LogP contribution >= 0.6 is 0 Å². The highest BCUT2D eigenvalue weighted by atomic mass is 16.3. The van der Waals surface area contributed by atoms with Gasteiger partial charge in [0, 0.05) is 13.0 Å².